The highest BCUT2D eigenvalue weighted by molar-refractivity contribution is 7.11. The van der Waals surface area contributed by atoms with E-state index in [1.54, 1.807) is 4.57 Å². The van der Waals surface area contributed by atoms with Crippen LogP contribution in [0.2, 0.25) is 0 Å². The van der Waals surface area contributed by atoms with Crippen molar-refractivity contribution in [3.8, 4) is 0 Å². The van der Waals surface area contributed by atoms with Crippen molar-refractivity contribution >= 4 is 17.2 Å². The van der Waals surface area contributed by atoms with Gasteiger partial charge in [-0.2, -0.15) is 0 Å². The molecular weight excluding hydrogens is 308 g/mol. The van der Waals surface area contributed by atoms with E-state index in [0.29, 0.717) is 23.9 Å². The Kier molecular flexibility index (Phi) is 5.42. The van der Waals surface area contributed by atoms with E-state index in [4.69, 9.17) is 0 Å². The van der Waals surface area contributed by atoms with Gasteiger partial charge in [-0.05, 0) is 43.4 Å². The first kappa shape index (κ1) is 17.5. The van der Waals surface area contributed by atoms with Crippen molar-refractivity contribution in [3.05, 3.63) is 55.1 Å². The third-order valence-electron chi connectivity index (χ3n) is 3.98. The molecule has 0 saturated heterocycles. The van der Waals surface area contributed by atoms with Crippen LogP contribution in [0.25, 0.3) is 0 Å². The number of hydrogen-bond donors (Lipinski definition) is 1. The Labute approximate surface area is 141 Å². The quantitative estimate of drug-likeness (QED) is 0.913. The summed E-state index contributed by atoms with van der Waals surface area (Å²) in [5.41, 5.74) is 4.20. The van der Waals surface area contributed by atoms with Crippen LogP contribution in [0, 0.1) is 26.7 Å². The zero-order chi connectivity index (χ0) is 17.1. The number of rotatable bonds is 5. The van der Waals surface area contributed by atoms with E-state index >= 15 is 0 Å². The molecule has 0 aliphatic carbocycles. The Balaban J connectivity index is 2.31. The largest absolute Gasteiger partial charge is 0.351 e. The van der Waals surface area contributed by atoms with Gasteiger partial charge in [-0.25, -0.2) is 0 Å². The standard InChI is InChI=1S/C18H24N2O2S/c1-11(2)9-19-17(21)16-14(5)20(18(22)23-16)10-15-12(3)7-6-8-13(15)4/h6-8,11H,9-10H2,1-5H3,(H,19,21). The van der Waals surface area contributed by atoms with Gasteiger partial charge in [0.2, 0.25) is 0 Å². The topological polar surface area (TPSA) is 51.1 Å². The second-order valence-corrected chi connectivity index (χ2v) is 7.30. The Morgan fingerprint density at radius 2 is 1.83 bits per heavy atom. The second-order valence-electron chi connectivity index (χ2n) is 6.34. The molecule has 4 nitrogen and oxygen atoms in total. The van der Waals surface area contributed by atoms with Crippen LogP contribution in [-0.2, 0) is 6.54 Å². The van der Waals surface area contributed by atoms with E-state index in [-0.39, 0.29) is 10.8 Å². The lowest BCUT2D eigenvalue weighted by molar-refractivity contribution is 0.0952. The fourth-order valence-electron chi connectivity index (χ4n) is 2.50. The van der Waals surface area contributed by atoms with E-state index in [1.165, 1.54) is 0 Å². The number of thiazole rings is 1. The van der Waals surface area contributed by atoms with Crippen molar-refractivity contribution in [2.24, 2.45) is 5.92 Å². The SMILES string of the molecule is Cc1cccc(C)c1Cn1c(C)c(C(=O)NCC(C)C)sc1=O. The highest BCUT2D eigenvalue weighted by atomic mass is 32.1. The fraction of sp³-hybridized carbons (Fsp3) is 0.444. The Bertz CT molecular complexity index is 752. The van der Waals surface area contributed by atoms with E-state index < -0.39 is 0 Å². The molecule has 1 aromatic carbocycles. The number of aromatic nitrogens is 1. The van der Waals surface area contributed by atoms with Crippen molar-refractivity contribution in [3.63, 3.8) is 0 Å². The summed E-state index contributed by atoms with van der Waals surface area (Å²) in [6.07, 6.45) is 0. The summed E-state index contributed by atoms with van der Waals surface area (Å²) in [6, 6.07) is 6.11. The first-order valence-electron chi connectivity index (χ1n) is 7.84. The van der Waals surface area contributed by atoms with Gasteiger partial charge in [-0.1, -0.05) is 43.4 Å². The minimum Gasteiger partial charge on any atom is -0.351 e. The number of nitrogens with one attached hydrogen (secondary N) is 1. The molecule has 1 N–H and O–H groups in total. The molecule has 0 saturated carbocycles. The van der Waals surface area contributed by atoms with Gasteiger partial charge in [0.05, 0.1) is 6.54 Å². The lowest BCUT2D eigenvalue weighted by atomic mass is 10.0. The molecule has 0 radical (unpaired) electrons. The smallest absolute Gasteiger partial charge is 0.308 e. The number of carbonyl (C=O) groups is 1. The number of aryl methyl sites for hydroxylation is 2. The number of amides is 1. The molecule has 23 heavy (non-hydrogen) atoms. The van der Waals surface area contributed by atoms with Gasteiger partial charge >= 0.3 is 4.87 Å². The summed E-state index contributed by atoms with van der Waals surface area (Å²) >= 11 is 1.03. The van der Waals surface area contributed by atoms with Gasteiger partial charge in [0.15, 0.2) is 0 Å². The van der Waals surface area contributed by atoms with Crippen molar-refractivity contribution in [1.82, 2.24) is 9.88 Å². The van der Waals surface area contributed by atoms with Gasteiger partial charge in [0.25, 0.3) is 5.91 Å². The average molecular weight is 332 g/mol. The Morgan fingerprint density at radius 3 is 2.39 bits per heavy atom. The van der Waals surface area contributed by atoms with Crippen LogP contribution < -0.4 is 10.2 Å². The fourth-order valence-corrected chi connectivity index (χ4v) is 3.41. The molecule has 1 amide bonds. The summed E-state index contributed by atoms with van der Waals surface area (Å²) in [4.78, 5) is 25.0. The molecule has 0 unspecified atom stereocenters. The molecule has 1 aromatic heterocycles. The predicted molar refractivity (Wildman–Crippen MR) is 95.5 cm³/mol. The minimum absolute atomic E-state index is 0.0835. The van der Waals surface area contributed by atoms with Crippen molar-refractivity contribution in [2.75, 3.05) is 6.54 Å². The lowest BCUT2D eigenvalue weighted by Gasteiger charge is -2.12. The molecule has 5 heteroatoms. The van der Waals surface area contributed by atoms with Crippen LogP contribution in [0.3, 0.4) is 0 Å². The maximum atomic E-state index is 12.3. The maximum absolute atomic E-state index is 12.3. The van der Waals surface area contributed by atoms with Gasteiger partial charge in [0.1, 0.15) is 4.88 Å². The van der Waals surface area contributed by atoms with Gasteiger partial charge in [0, 0.05) is 12.2 Å². The third-order valence-corrected chi connectivity index (χ3v) is 5.06. The summed E-state index contributed by atoms with van der Waals surface area (Å²) in [5.74, 6) is 0.228. The summed E-state index contributed by atoms with van der Waals surface area (Å²) in [7, 11) is 0. The summed E-state index contributed by atoms with van der Waals surface area (Å²) < 4.78 is 1.70. The molecule has 0 bridgehead atoms. The molecule has 0 spiro atoms. The Morgan fingerprint density at radius 1 is 1.22 bits per heavy atom. The number of carbonyl (C=O) groups excluding carboxylic acids is 1. The first-order chi connectivity index (χ1) is 10.8. The van der Waals surface area contributed by atoms with Crippen LogP contribution in [0.5, 0.6) is 0 Å². The van der Waals surface area contributed by atoms with Crippen LogP contribution in [0.4, 0.5) is 0 Å². The van der Waals surface area contributed by atoms with E-state index in [9.17, 15) is 9.59 Å². The normalized spacial score (nSPS) is 11.0. The zero-order valence-electron chi connectivity index (χ0n) is 14.4. The molecular formula is C18H24N2O2S. The summed E-state index contributed by atoms with van der Waals surface area (Å²) in [6.45, 7) is 11.1. The monoisotopic (exact) mass is 332 g/mol. The molecule has 2 rings (SSSR count). The van der Waals surface area contributed by atoms with Crippen LogP contribution in [-0.4, -0.2) is 17.0 Å². The predicted octanol–water partition coefficient (Wildman–Crippen LogP) is 3.27. The molecule has 0 fully saturated rings. The van der Waals surface area contributed by atoms with Crippen LogP contribution in [0.15, 0.2) is 23.0 Å². The molecule has 124 valence electrons. The number of nitrogens with zero attached hydrogens (tertiary/aromatic N) is 1. The van der Waals surface area contributed by atoms with Crippen LogP contribution in [0.1, 0.15) is 45.9 Å². The van der Waals surface area contributed by atoms with Gasteiger partial charge in [-0.15, -0.1) is 0 Å². The maximum Gasteiger partial charge on any atom is 0.308 e. The average Bonchev–Trinajstić information content (AvgIpc) is 2.76. The van der Waals surface area contributed by atoms with E-state index in [2.05, 4.69) is 5.32 Å². The summed E-state index contributed by atoms with van der Waals surface area (Å²) in [5, 5.41) is 2.89. The second kappa shape index (κ2) is 7.13. The molecule has 0 atom stereocenters. The zero-order valence-corrected chi connectivity index (χ0v) is 15.2. The van der Waals surface area contributed by atoms with Crippen molar-refractivity contribution < 1.29 is 4.79 Å². The highest BCUT2D eigenvalue weighted by Gasteiger charge is 2.18. The third kappa shape index (κ3) is 3.91. The minimum atomic E-state index is -0.154. The highest BCUT2D eigenvalue weighted by Crippen LogP contribution is 2.18. The molecule has 1 heterocycles. The molecule has 0 aliphatic rings. The van der Waals surface area contributed by atoms with Crippen molar-refractivity contribution in [1.29, 1.82) is 0 Å². The first-order valence-corrected chi connectivity index (χ1v) is 8.66. The van der Waals surface area contributed by atoms with Crippen LogP contribution >= 0.6 is 11.3 Å². The lowest BCUT2D eigenvalue weighted by Crippen LogP contribution is -2.27. The van der Waals surface area contributed by atoms with Crippen molar-refractivity contribution in [2.45, 2.75) is 41.2 Å². The molecule has 0 aliphatic heterocycles. The van der Waals surface area contributed by atoms with Gasteiger partial charge < -0.3 is 5.32 Å². The number of hydrogen-bond acceptors (Lipinski definition) is 3. The Hall–Kier alpha value is -1.88. The molecule has 2 aromatic rings. The van der Waals surface area contributed by atoms with E-state index in [1.807, 2.05) is 52.8 Å². The number of benzene rings is 1. The van der Waals surface area contributed by atoms with Gasteiger partial charge in [-0.3, -0.25) is 14.2 Å². The van der Waals surface area contributed by atoms with E-state index in [0.717, 1.165) is 33.7 Å².